The number of nitrogens with one attached hydrogen (secondary N) is 4. The third kappa shape index (κ3) is 9.13. The minimum Gasteiger partial charge on any atom is -0.480 e. The van der Waals surface area contributed by atoms with E-state index in [1.165, 1.54) is 66.7 Å². The zero-order chi connectivity index (χ0) is 31.8. The van der Waals surface area contributed by atoms with Gasteiger partial charge in [-0.2, -0.15) is 0 Å². The van der Waals surface area contributed by atoms with E-state index in [4.69, 9.17) is 9.84 Å². The van der Waals surface area contributed by atoms with E-state index in [9.17, 15) is 32.4 Å². The second-order valence-corrected chi connectivity index (χ2v) is 11.8. The fourth-order valence-electron chi connectivity index (χ4n) is 3.41. The van der Waals surface area contributed by atoms with Crippen molar-refractivity contribution in [3.8, 4) is 5.75 Å². The molecule has 0 bridgehead atoms. The van der Waals surface area contributed by atoms with Crippen molar-refractivity contribution < 1.29 is 42.2 Å². The molecular formula is C29H30N4O9S. The van der Waals surface area contributed by atoms with Crippen molar-refractivity contribution in [1.29, 1.82) is 0 Å². The Balaban J connectivity index is 1.66. The highest BCUT2D eigenvalue weighted by Gasteiger charge is 2.24. The smallest absolute Gasteiger partial charge is 0.322 e. The number of para-hydroxylation sites is 2. The number of amides is 3. The number of aliphatic carboxylic acids is 1. The summed E-state index contributed by atoms with van der Waals surface area (Å²) in [5, 5.41) is 15.8. The van der Waals surface area contributed by atoms with E-state index in [1.54, 1.807) is 26.8 Å². The normalized spacial score (nSPS) is 11.1. The fourth-order valence-corrected chi connectivity index (χ4v) is 4.49. The Bertz CT molecular complexity index is 1650. The fraction of sp³-hybridized carbons (Fsp3) is 0.207. The third-order valence-electron chi connectivity index (χ3n) is 5.63. The predicted molar refractivity (Wildman–Crippen MR) is 156 cm³/mol. The second-order valence-electron chi connectivity index (χ2n) is 10.1. The van der Waals surface area contributed by atoms with Gasteiger partial charge in [-0.05, 0) is 69.3 Å². The predicted octanol–water partition coefficient (Wildman–Crippen LogP) is 2.62. The Morgan fingerprint density at radius 3 is 1.81 bits per heavy atom. The number of benzene rings is 3. The van der Waals surface area contributed by atoms with Crippen LogP contribution in [0.2, 0.25) is 0 Å². The first-order valence-corrected chi connectivity index (χ1v) is 14.3. The van der Waals surface area contributed by atoms with E-state index in [0.717, 1.165) is 0 Å². The number of anilines is 2. The van der Waals surface area contributed by atoms with Crippen LogP contribution in [-0.4, -0.2) is 56.3 Å². The van der Waals surface area contributed by atoms with Crippen LogP contribution in [0.4, 0.5) is 11.4 Å². The molecule has 0 spiro atoms. The summed E-state index contributed by atoms with van der Waals surface area (Å²) in [4.78, 5) is 60.4. The van der Waals surface area contributed by atoms with Crippen LogP contribution in [-0.2, 0) is 24.4 Å². The largest absolute Gasteiger partial charge is 0.480 e. The Kier molecular flexibility index (Phi) is 10.2. The van der Waals surface area contributed by atoms with Crippen molar-refractivity contribution in [2.75, 3.05) is 23.1 Å². The number of sulfonamides is 1. The number of ether oxygens (including phenoxy) is 1. The number of carbonyl (C=O) groups excluding carboxylic acids is 4. The first kappa shape index (κ1) is 32.3. The molecule has 3 rings (SSSR count). The van der Waals surface area contributed by atoms with Gasteiger partial charge < -0.3 is 25.8 Å². The zero-order valence-electron chi connectivity index (χ0n) is 23.5. The first-order chi connectivity index (χ1) is 20.2. The maximum atomic E-state index is 13.0. The van der Waals surface area contributed by atoms with Crippen molar-refractivity contribution >= 4 is 51.1 Å². The molecule has 3 aromatic carbocycles. The Morgan fingerprint density at radius 2 is 1.26 bits per heavy atom. The molecule has 5 N–H and O–H groups in total. The van der Waals surface area contributed by atoms with E-state index >= 15 is 0 Å². The van der Waals surface area contributed by atoms with Crippen LogP contribution < -0.4 is 25.4 Å². The molecule has 0 aromatic heterocycles. The number of rotatable bonds is 11. The van der Waals surface area contributed by atoms with Crippen LogP contribution in [0.25, 0.3) is 0 Å². The lowest BCUT2D eigenvalue weighted by Gasteiger charge is -2.16. The molecule has 0 aliphatic carbocycles. The zero-order valence-corrected chi connectivity index (χ0v) is 24.3. The minimum absolute atomic E-state index is 0.0172. The summed E-state index contributed by atoms with van der Waals surface area (Å²) in [7, 11) is -4.16. The molecule has 13 nitrogen and oxygen atoms in total. The number of carbonyl (C=O) groups is 5. The van der Waals surface area contributed by atoms with Gasteiger partial charge in [0, 0.05) is 0 Å². The lowest BCUT2D eigenvalue weighted by Crippen LogP contribution is -2.34. The second kappa shape index (κ2) is 13.6. The molecule has 0 aliphatic heterocycles. The molecule has 0 heterocycles. The van der Waals surface area contributed by atoms with Crippen molar-refractivity contribution in [2.45, 2.75) is 25.7 Å². The Hall–Kier alpha value is -5.24. The van der Waals surface area contributed by atoms with Gasteiger partial charge in [-0.15, -0.1) is 0 Å². The van der Waals surface area contributed by atoms with Gasteiger partial charge >= 0.3 is 11.9 Å². The lowest BCUT2D eigenvalue weighted by molar-refractivity contribution is -0.143. The highest BCUT2D eigenvalue weighted by Crippen LogP contribution is 2.24. The van der Waals surface area contributed by atoms with Crippen molar-refractivity contribution in [1.82, 2.24) is 10.6 Å². The van der Waals surface area contributed by atoms with Crippen LogP contribution in [0.15, 0.2) is 77.7 Å². The van der Waals surface area contributed by atoms with Gasteiger partial charge in [0.1, 0.15) is 12.3 Å². The molecule has 0 saturated carbocycles. The van der Waals surface area contributed by atoms with E-state index in [1.807, 2.05) is 0 Å². The SMILES string of the molecule is CC(C)(C)C(=O)Oc1ccc(S(=O)(=O)Nc2ccccc2C(=O)NCC(=O)Nc2ccccc2C(=O)NCC(=O)O)cc1. The third-order valence-corrected chi connectivity index (χ3v) is 7.01. The molecule has 3 aromatic rings. The summed E-state index contributed by atoms with van der Waals surface area (Å²) in [5.41, 5.74) is -0.755. The number of hydrogen-bond donors (Lipinski definition) is 5. The van der Waals surface area contributed by atoms with Crippen molar-refractivity contribution in [3.05, 3.63) is 83.9 Å². The van der Waals surface area contributed by atoms with Gasteiger partial charge in [0.2, 0.25) is 5.91 Å². The van der Waals surface area contributed by atoms with Gasteiger partial charge in [0.25, 0.3) is 21.8 Å². The van der Waals surface area contributed by atoms with E-state index in [0.29, 0.717) is 0 Å². The van der Waals surface area contributed by atoms with Gasteiger partial charge in [-0.25, -0.2) is 8.42 Å². The quantitative estimate of drug-likeness (QED) is 0.160. The Morgan fingerprint density at radius 1 is 0.744 bits per heavy atom. The molecule has 3 amide bonds. The van der Waals surface area contributed by atoms with Gasteiger partial charge in [-0.3, -0.25) is 28.7 Å². The molecule has 0 unspecified atom stereocenters. The molecule has 43 heavy (non-hydrogen) atoms. The standard InChI is InChI=1S/C29H30N4O9S/c1-29(2,3)28(39)42-18-12-14-19(15-13-18)43(40,41)33-23-11-7-5-9-21(23)27(38)30-16-24(34)32-22-10-6-4-8-20(22)26(37)31-17-25(35)36/h4-15,33H,16-17H2,1-3H3,(H,30,38)(H,31,37)(H,32,34)(H,35,36). The molecule has 14 heteroatoms. The van der Waals surface area contributed by atoms with Gasteiger partial charge in [0.15, 0.2) is 0 Å². The molecule has 0 saturated heterocycles. The molecule has 226 valence electrons. The number of hydrogen-bond acceptors (Lipinski definition) is 8. The molecular weight excluding hydrogens is 580 g/mol. The minimum atomic E-state index is -4.16. The first-order valence-electron chi connectivity index (χ1n) is 12.8. The highest BCUT2D eigenvalue weighted by atomic mass is 32.2. The topological polar surface area (TPSA) is 197 Å². The van der Waals surface area contributed by atoms with Crippen LogP contribution in [0.3, 0.4) is 0 Å². The highest BCUT2D eigenvalue weighted by molar-refractivity contribution is 7.92. The summed E-state index contributed by atoms with van der Waals surface area (Å²) in [6.07, 6.45) is 0. The van der Waals surface area contributed by atoms with Crippen LogP contribution in [0.1, 0.15) is 41.5 Å². The average Bonchev–Trinajstić information content (AvgIpc) is 2.94. The molecule has 0 radical (unpaired) electrons. The van der Waals surface area contributed by atoms with Gasteiger partial charge in [-0.1, -0.05) is 24.3 Å². The van der Waals surface area contributed by atoms with E-state index in [-0.39, 0.29) is 33.1 Å². The molecule has 0 aliphatic rings. The van der Waals surface area contributed by atoms with Crippen molar-refractivity contribution in [2.24, 2.45) is 5.41 Å². The van der Waals surface area contributed by atoms with E-state index in [2.05, 4.69) is 20.7 Å². The maximum Gasteiger partial charge on any atom is 0.322 e. The van der Waals surface area contributed by atoms with E-state index < -0.39 is 58.2 Å². The summed E-state index contributed by atoms with van der Waals surface area (Å²) >= 11 is 0. The number of esters is 1. The molecule has 0 atom stereocenters. The monoisotopic (exact) mass is 610 g/mol. The van der Waals surface area contributed by atoms with Crippen LogP contribution >= 0.6 is 0 Å². The molecule has 0 fully saturated rings. The van der Waals surface area contributed by atoms with Crippen molar-refractivity contribution in [3.63, 3.8) is 0 Å². The number of carboxylic acids is 1. The Labute approximate surface area is 247 Å². The van der Waals surface area contributed by atoms with Crippen LogP contribution in [0.5, 0.6) is 5.75 Å². The summed E-state index contributed by atoms with van der Waals surface area (Å²) in [5.74, 6) is -3.73. The summed E-state index contributed by atoms with van der Waals surface area (Å²) in [6, 6.07) is 16.8. The summed E-state index contributed by atoms with van der Waals surface area (Å²) < 4.78 is 33.7. The lowest BCUT2D eigenvalue weighted by atomic mass is 9.97. The average molecular weight is 611 g/mol. The summed E-state index contributed by atoms with van der Waals surface area (Å²) in [6.45, 7) is 3.91. The van der Waals surface area contributed by atoms with Crippen LogP contribution in [0, 0.1) is 5.41 Å². The van der Waals surface area contributed by atoms with Gasteiger partial charge in [0.05, 0.1) is 39.4 Å². The number of carboxylic acid groups (broad SMARTS) is 1. The maximum absolute atomic E-state index is 13.0.